The first-order valence-corrected chi connectivity index (χ1v) is 9.59. The van der Waals surface area contributed by atoms with Gasteiger partial charge in [-0.25, -0.2) is 4.98 Å². The van der Waals surface area contributed by atoms with Gasteiger partial charge in [-0.05, 0) is 42.5 Å². The Labute approximate surface area is 169 Å². The Bertz CT molecular complexity index is 926. The standard InChI is InChI=1S/C21H22ClN5O/c1-28-17-8-6-16(7-9-17)26-12-14-27(15-13-26)20-10-11-23-21(25-20)24-19-5-3-2-4-18(19)22/h2-11H,12-15H2,1H3,(H,23,24,25). The summed E-state index contributed by atoms with van der Waals surface area (Å²) in [6.07, 6.45) is 1.78. The summed E-state index contributed by atoms with van der Waals surface area (Å²) in [6, 6.07) is 17.7. The van der Waals surface area contributed by atoms with E-state index in [4.69, 9.17) is 16.3 Å². The van der Waals surface area contributed by atoms with E-state index in [1.807, 2.05) is 42.5 Å². The molecule has 4 rings (SSSR count). The van der Waals surface area contributed by atoms with Crippen LogP contribution < -0.4 is 19.9 Å². The van der Waals surface area contributed by atoms with Crippen LogP contribution in [0.2, 0.25) is 5.02 Å². The Kier molecular flexibility index (Phi) is 5.48. The average Bonchev–Trinajstić information content (AvgIpc) is 2.76. The van der Waals surface area contributed by atoms with Crippen LogP contribution in [0.25, 0.3) is 0 Å². The van der Waals surface area contributed by atoms with Gasteiger partial charge in [0.25, 0.3) is 0 Å². The number of para-hydroxylation sites is 1. The normalized spacial score (nSPS) is 14.1. The number of hydrogen-bond donors (Lipinski definition) is 1. The monoisotopic (exact) mass is 395 g/mol. The molecule has 0 aliphatic carbocycles. The molecule has 1 aliphatic heterocycles. The highest BCUT2D eigenvalue weighted by Gasteiger charge is 2.19. The fourth-order valence-electron chi connectivity index (χ4n) is 3.26. The van der Waals surface area contributed by atoms with Crippen LogP contribution in [-0.4, -0.2) is 43.3 Å². The van der Waals surface area contributed by atoms with Crippen molar-refractivity contribution in [1.29, 1.82) is 0 Å². The van der Waals surface area contributed by atoms with Crippen LogP contribution in [0.5, 0.6) is 5.75 Å². The van der Waals surface area contributed by atoms with Crippen LogP contribution in [0.4, 0.5) is 23.1 Å². The molecule has 3 aromatic rings. The maximum absolute atomic E-state index is 6.21. The zero-order valence-electron chi connectivity index (χ0n) is 15.7. The van der Waals surface area contributed by atoms with Crippen LogP contribution >= 0.6 is 11.6 Å². The molecule has 2 aromatic carbocycles. The second-order valence-corrected chi connectivity index (χ2v) is 6.92. The highest BCUT2D eigenvalue weighted by atomic mass is 35.5. The van der Waals surface area contributed by atoms with Gasteiger partial charge < -0.3 is 19.9 Å². The van der Waals surface area contributed by atoms with Gasteiger partial charge in [-0.1, -0.05) is 23.7 Å². The minimum absolute atomic E-state index is 0.545. The SMILES string of the molecule is COc1ccc(N2CCN(c3ccnc(Nc4ccccc4Cl)n3)CC2)cc1. The van der Waals surface area contributed by atoms with Crippen LogP contribution in [0, 0.1) is 0 Å². The van der Waals surface area contributed by atoms with Gasteiger partial charge in [0.05, 0.1) is 17.8 Å². The Balaban J connectivity index is 1.41. The van der Waals surface area contributed by atoms with Crippen molar-refractivity contribution in [3.63, 3.8) is 0 Å². The van der Waals surface area contributed by atoms with Crippen LogP contribution in [0.3, 0.4) is 0 Å². The van der Waals surface area contributed by atoms with E-state index in [-0.39, 0.29) is 0 Å². The lowest BCUT2D eigenvalue weighted by molar-refractivity contribution is 0.415. The fraction of sp³-hybridized carbons (Fsp3) is 0.238. The second-order valence-electron chi connectivity index (χ2n) is 6.52. The van der Waals surface area contributed by atoms with E-state index < -0.39 is 0 Å². The summed E-state index contributed by atoms with van der Waals surface area (Å²) in [5.41, 5.74) is 2.01. The summed E-state index contributed by atoms with van der Waals surface area (Å²) < 4.78 is 5.24. The van der Waals surface area contributed by atoms with Gasteiger partial charge >= 0.3 is 0 Å². The number of piperazine rings is 1. The number of nitrogens with zero attached hydrogens (tertiary/aromatic N) is 4. The van der Waals surface area contributed by atoms with Gasteiger partial charge in [-0.3, -0.25) is 0 Å². The minimum Gasteiger partial charge on any atom is -0.497 e. The summed E-state index contributed by atoms with van der Waals surface area (Å²) in [7, 11) is 1.68. The van der Waals surface area contributed by atoms with Gasteiger partial charge in [0, 0.05) is 38.1 Å². The molecule has 0 atom stereocenters. The molecular formula is C21H22ClN5O. The summed E-state index contributed by atoms with van der Waals surface area (Å²) in [5, 5.41) is 3.84. The predicted molar refractivity (Wildman–Crippen MR) is 114 cm³/mol. The molecule has 0 unspecified atom stereocenters. The molecule has 28 heavy (non-hydrogen) atoms. The van der Waals surface area contributed by atoms with Gasteiger partial charge in [0.2, 0.25) is 5.95 Å². The molecule has 0 spiro atoms. The molecule has 1 aliphatic rings. The fourth-order valence-corrected chi connectivity index (χ4v) is 3.44. The van der Waals surface area contributed by atoms with E-state index >= 15 is 0 Å². The molecule has 0 saturated carbocycles. The van der Waals surface area contributed by atoms with Gasteiger partial charge in [0.1, 0.15) is 11.6 Å². The molecule has 0 radical (unpaired) electrons. The largest absolute Gasteiger partial charge is 0.497 e. The first-order chi connectivity index (χ1) is 13.7. The van der Waals surface area contributed by atoms with Gasteiger partial charge in [0.15, 0.2) is 0 Å². The number of benzene rings is 2. The topological polar surface area (TPSA) is 53.5 Å². The van der Waals surface area contributed by atoms with Crippen molar-refractivity contribution >= 4 is 34.7 Å². The van der Waals surface area contributed by atoms with Gasteiger partial charge in [-0.2, -0.15) is 4.98 Å². The number of ether oxygens (including phenoxy) is 1. The number of aromatic nitrogens is 2. The lowest BCUT2D eigenvalue weighted by atomic mass is 10.2. The smallest absolute Gasteiger partial charge is 0.229 e. The van der Waals surface area contributed by atoms with Crippen LogP contribution in [0.1, 0.15) is 0 Å². The van der Waals surface area contributed by atoms with Crippen molar-refractivity contribution in [3.05, 3.63) is 65.8 Å². The van der Waals surface area contributed by atoms with E-state index in [1.54, 1.807) is 13.3 Å². The van der Waals surface area contributed by atoms with Crippen molar-refractivity contribution in [2.24, 2.45) is 0 Å². The second kappa shape index (κ2) is 8.35. The van der Waals surface area contributed by atoms with Crippen LogP contribution in [-0.2, 0) is 0 Å². The van der Waals surface area contributed by atoms with E-state index in [0.717, 1.165) is 43.4 Å². The molecule has 2 heterocycles. The van der Waals surface area contributed by atoms with Crippen molar-refractivity contribution in [2.75, 3.05) is 48.4 Å². The lowest BCUT2D eigenvalue weighted by Gasteiger charge is -2.36. The van der Waals surface area contributed by atoms with Crippen molar-refractivity contribution in [2.45, 2.75) is 0 Å². The molecule has 144 valence electrons. The summed E-state index contributed by atoms with van der Waals surface area (Å²) in [4.78, 5) is 13.6. The minimum atomic E-state index is 0.545. The highest BCUT2D eigenvalue weighted by molar-refractivity contribution is 6.33. The summed E-state index contributed by atoms with van der Waals surface area (Å²) in [6.45, 7) is 3.66. The Morgan fingerprint density at radius 3 is 2.36 bits per heavy atom. The van der Waals surface area contributed by atoms with Crippen molar-refractivity contribution in [3.8, 4) is 5.75 Å². The van der Waals surface area contributed by atoms with Crippen molar-refractivity contribution < 1.29 is 4.74 Å². The third-order valence-corrected chi connectivity index (χ3v) is 5.13. The van der Waals surface area contributed by atoms with Gasteiger partial charge in [-0.15, -0.1) is 0 Å². The Hall–Kier alpha value is -2.99. The average molecular weight is 396 g/mol. The third kappa shape index (κ3) is 4.12. The number of hydrogen-bond acceptors (Lipinski definition) is 6. The summed E-state index contributed by atoms with van der Waals surface area (Å²) >= 11 is 6.21. The molecule has 6 nitrogen and oxygen atoms in total. The molecule has 1 N–H and O–H groups in total. The summed E-state index contributed by atoms with van der Waals surface area (Å²) in [5.74, 6) is 2.34. The number of nitrogens with one attached hydrogen (secondary N) is 1. The lowest BCUT2D eigenvalue weighted by Crippen LogP contribution is -2.46. The zero-order valence-corrected chi connectivity index (χ0v) is 16.4. The molecule has 1 aromatic heterocycles. The van der Waals surface area contributed by atoms with E-state index in [0.29, 0.717) is 11.0 Å². The molecule has 7 heteroatoms. The number of methoxy groups -OCH3 is 1. The number of halogens is 1. The first-order valence-electron chi connectivity index (χ1n) is 9.21. The molecule has 0 amide bonds. The quantitative estimate of drug-likeness (QED) is 0.698. The maximum atomic E-state index is 6.21. The molecular weight excluding hydrogens is 374 g/mol. The highest BCUT2D eigenvalue weighted by Crippen LogP contribution is 2.25. The maximum Gasteiger partial charge on any atom is 0.229 e. The first kappa shape index (κ1) is 18.4. The Morgan fingerprint density at radius 2 is 1.64 bits per heavy atom. The van der Waals surface area contributed by atoms with E-state index in [9.17, 15) is 0 Å². The number of rotatable bonds is 5. The molecule has 1 fully saturated rings. The predicted octanol–water partition coefficient (Wildman–Crippen LogP) is 4.21. The van der Waals surface area contributed by atoms with E-state index in [2.05, 4.69) is 37.2 Å². The Morgan fingerprint density at radius 1 is 0.929 bits per heavy atom. The van der Waals surface area contributed by atoms with E-state index in [1.165, 1.54) is 5.69 Å². The molecule has 1 saturated heterocycles. The number of anilines is 4. The third-order valence-electron chi connectivity index (χ3n) is 4.80. The molecule has 0 bridgehead atoms. The van der Waals surface area contributed by atoms with Crippen molar-refractivity contribution in [1.82, 2.24) is 9.97 Å². The van der Waals surface area contributed by atoms with Crippen LogP contribution in [0.15, 0.2) is 60.8 Å². The zero-order chi connectivity index (χ0) is 19.3.